The van der Waals surface area contributed by atoms with Gasteiger partial charge in [-0.05, 0) is 24.1 Å². The first-order valence-electron chi connectivity index (χ1n) is 7.54. The molecule has 0 radical (unpaired) electrons. The molecule has 2 heterocycles. The van der Waals surface area contributed by atoms with Gasteiger partial charge < -0.3 is 8.83 Å². The minimum atomic E-state index is -0.662. The van der Waals surface area contributed by atoms with Gasteiger partial charge in [-0.3, -0.25) is 4.79 Å². The fraction of sp³-hybridized carbons (Fsp3) is 0.235. The summed E-state index contributed by atoms with van der Waals surface area (Å²) in [6.45, 7) is 0. The molecule has 1 fully saturated rings. The lowest BCUT2D eigenvalue weighted by Crippen LogP contribution is -2.02. The van der Waals surface area contributed by atoms with E-state index in [9.17, 15) is 4.79 Å². The lowest BCUT2D eigenvalue weighted by molar-refractivity contribution is 0.102. The Morgan fingerprint density at radius 2 is 2.00 bits per heavy atom. The van der Waals surface area contributed by atoms with Crippen molar-refractivity contribution in [1.29, 1.82) is 0 Å². The molecule has 1 unspecified atom stereocenters. The molecule has 2 aromatic heterocycles. The number of alkyl halides is 2. The highest BCUT2D eigenvalue weighted by Gasteiger charge is 2.52. The van der Waals surface area contributed by atoms with Crippen LogP contribution in [-0.2, 0) is 0 Å². The number of benzene rings is 1. The van der Waals surface area contributed by atoms with Gasteiger partial charge in [0.05, 0.1) is 12.0 Å². The highest BCUT2D eigenvalue weighted by molar-refractivity contribution is 7.99. The first kappa shape index (κ1) is 16.7. The van der Waals surface area contributed by atoms with Crippen LogP contribution < -0.4 is 0 Å². The van der Waals surface area contributed by atoms with Crippen LogP contribution >= 0.6 is 35.0 Å². The zero-order valence-electron chi connectivity index (χ0n) is 12.8. The maximum absolute atomic E-state index is 12.3. The number of hydrogen-bond donors (Lipinski definition) is 0. The van der Waals surface area contributed by atoms with Gasteiger partial charge in [-0.15, -0.1) is 33.4 Å². The molecule has 1 aliphatic carbocycles. The Morgan fingerprint density at radius 1 is 1.24 bits per heavy atom. The van der Waals surface area contributed by atoms with Gasteiger partial charge in [0.15, 0.2) is 11.5 Å². The monoisotopic (exact) mass is 394 g/mol. The second kappa shape index (κ2) is 6.52. The van der Waals surface area contributed by atoms with E-state index in [0.717, 1.165) is 12.0 Å². The number of thioether (sulfide) groups is 1. The number of aromatic nitrogens is 2. The van der Waals surface area contributed by atoms with E-state index in [0.29, 0.717) is 22.4 Å². The molecule has 0 spiro atoms. The molecule has 3 aromatic rings. The third-order valence-electron chi connectivity index (χ3n) is 3.93. The predicted molar refractivity (Wildman–Crippen MR) is 95.3 cm³/mol. The molecule has 1 aliphatic rings. The minimum absolute atomic E-state index is 0.0203. The van der Waals surface area contributed by atoms with Crippen LogP contribution in [0.15, 0.2) is 56.7 Å². The molecule has 128 valence electrons. The molecular weight excluding hydrogens is 383 g/mol. The maximum Gasteiger partial charge on any atom is 0.284 e. The predicted octanol–water partition coefficient (Wildman–Crippen LogP) is 4.97. The number of nitrogens with zero attached hydrogens (tertiary/aromatic N) is 2. The molecule has 25 heavy (non-hydrogen) atoms. The fourth-order valence-electron chi connectivity index (χ4n) is 2.45. The maximum atomic E-state index is 12.3. The average molecular weight is 395 g/mol. The van der Waals surface area contributed by atoms with Crippen molar-refractivity contribution < 1.29 is 13.6 Å². The van der Waals surface area contributed by atoms with Gasteiger partial charge in [0.25, 0.3) is 11.1 Å². The zero-order valence-corrected chi connectivity index (χ0v) is 15.1. The highest BCUT2D eigenvalue weighted by Crippen LogP contribution is 2.59. The standard InChI is InChI=1S/C17H12Cl2N2O3S/c18-17(19)8-12(17)10-3-5-11(6-4-10)13(22)9-25-16-21-20-15(24-16)14-2-1-7-23-14/h1-7,12H,8-9H2. The van der Waals surface area contributed by atoms with Gasteiger partial charge in [0.2, 0.25) is 0 Å². The number of rotatable bonds is 6. The van der Waals surface area contributed by atoms with Crippen molar-refractivity contribution in [3.8, 4) is 11.7 Å². The van der Waals surface area contributed by atoms with Crippen molar-refractivity contribution in [2.75, 3.05) is 5.75 Å². The number of carbonyl (C=O) groups is 1. The summed E-state index contributed by atoms with van der Waals surface area (Å²) in [4.78, 5) is 12.3. The summed E-state index contributed by atoms with van der Waals surface area (Å²) >= 11 is 13.3. The Kier molecular flexibility index (Phi) is 4.35. The molecule has 5 nitrogen and oxygen atoms in total. The third-order valence-corrected chi connectivity index (χ3v) is 5.58. The molecule has 1 atom stereocenters. The van der Waals surface area contributed by atoms with Crippen molar-refractivity contribution >= 4 is 40.7 Å². The van der Waals surface area contributed by atoms with Crippen molar-refractivity contribution in [1.82, 2.24) is 10.2 Å². The Labute approximate surface area is 157 Å². The summed E-state index contributed by atoms with van der Waals surface area (Å²) in [5.74, 6) is 1.12. The van der Waals surface area contributed by atoms with Gasteiger partial charge in [-0.25, -0.2) is 0 Å². The average Bonchev–Trinajstić information content (AvgIpc) is 3.06. The summed E-state index contributed by atoms with van der Waals surface area (Å²) in [6, 6.07) is 10.9. The Balaban J connectivity index is 1.36. The Hall–Kier alpha value is -1.76. The Bertz CT molecular complexity index is 891. The number of hydrogen-bond acceptors (Lipinski definition) is 6. The van der Waals surface area contributed by atoms with Crippen LogP contribution in [0.4, 0.5) is 0 Å². The van der Waals surface area contributed by atoms with Crippen LogP contribution in [0.1, 0.15) is 28.3 Å². The number of ketones is 1. The fourth-order valence-corrected chi connectivity index (χ4v) is 3.67. The topological polar surface area (TPSA) is 69.1 Å². The van der Waals surface area contributed by atoms with E-state index in [-0.39, 0.29) is 17.5 Å². The van der Waals surface area contributed by atoms with E-state index in [1.807, 2.05) is 12.1 Å². The molecule has 0 amide bonds. The van der Waals surface area contributed by atoms with Crippen molar-refractivity contribution in [3.05, 3.63) is 53.8 Å². The van der Waals surface area contributed by atoms with Gasteiger partial charge in [0.1, 0.15) is 4.33 Å². The first-order chi connectivity index (χ1) is 12.0. The van der Waals surface area contributed by atoms with Crippen molar-refractivity contribution in [2.45, 2.75) is 21.9 Å². The largest absolute Gasteiger partial charge is 0.459 e. The van der Waals surface area contributed by atoms with Gasteiger partial charge >= 0.3 is 0 Å². The summed E-state index contributed by atoms with van der Waals surface area (Å²) in [7, 11) is 0. The van der Waals surface area contributed by atoms with Crippen LogP contribution in [0.3, 0.4) is 0 Å². The lowest BCUT2D eigenvalue weighted by Gasteiger charge is -2.03. The summed E-state index contributed by atoms with van der Waals surface area (Å²) < 4.78 is 9.99. The van der Waals surface area contributed by atoms with Crippen LogP contribution in [0, 0.1) is 0 Å². The van der Waals surface area contributed by atoms with E-state index in [2.05, 4.69) is 10.2 Å². The number of Topliss-reactive ketones (excluding diaryl/α,β-unsaturated/α-hetero) is 1. The quantitative estimate of drug-likeness (QED) is 0.334. The summed E-state index contributed by atoms with van der Waals surface area (Å²) in [5.41, 5.74) is 1.67. The number of halogens is 2. The highest BCUT2D eigenvalue weighted by atomic mass is 35.5. The summed E-state index contributed by atoms with van der Waals surface area (Å²) in [6.07, 6.45) is 2.27. The third kappa shape index (κ3) is 3.61. The molecule has 8 heteroatoms. The molecule has 0 bridgehead atoms. The molecule has 0 aliphatic heterocycles. The second-order valence-electron chi connectivity index (χ2n) is 5.70. The van der Waals surface area contributed by atoms with Crippen LogP contribution in [0.5, 0.6) is 0 Å². The molecule has 4 rings (SSSR count). The van der Waals surface area contributed by atoms with E-state index in [4.69, 9.17) is 32.0 Å². The van der Waals surface area contributed by atoms with Crippen molar-refractivity contribution in [3.63, 3.8) is 0 Å². The summed E-state index contributed by atoms with van der Waals surface area (Å²) in [5, 5.41) is 8.12. The number of furan rings is 1. The van der Waals surface area contributed by atoms with Crippen LogP contribution in [-0.4, -0.2) is 26.1 Å². The SMILES string of the molecule is O=C(CSc1nnc(-c2ccco2)o1)c1ccc(C2CC2(Cl)Cl)cc1. The zero-order chi connectivity index (χ0) is 17.4. The molecule has 0 saturated heterocycles. The van der Waals surface area contributed by atoms with E-state index in [1.54, 1.807) is 24.3 Å². The van der Waals surface area contributed by atoms with Crippen LogP contribution in [0.2, 0.25) is 0 Å². The first-order valence-corrected chi connectivity index (χ1v) is 9.28. The van der Waals surface area contributed by atoms with Gasteiger partial charge in [0, 0.05) is 11.5 Å². The normalized spacial score (nSPS) is 18.2. The van der Waals surface area contributed by atoms with Crippen molar-refractivity contribution in [2.24, 2.45) is 0 Å². The van der Waals surface area contributed by atoms with E-state index < -0.39 is 4.33 Å². The van der Waals surface area contributed by atoms with Gasteiger partial charge in [-0.1, -0.05) is 36.0 Å². The van der Waals surface area contributed by atoms with Gasteiger partial charge in [-0.2, -0.15) is 0 Å². The number of carbonyl (C=O) groups excluding carboxylic acids is 1. The molecule has 1 saturated carbocycles. The van der Waals surface area contributed by atoms with E-state index >= 15 is 0 Å². The molecule has 0 N–H and O–H groups in total. The molecule has 1 aromatic carbocycles. The smallest absolute Gasteiger partial charge is 0.284 e. The Morgan fingerprint density at radius 3 is 2.64 bits per heavy atom. The lowest BCUT2D eigenvalue weighted by atomic mass is 10.1. The molecular formula is C17H12Cl2N2O3S. The second-order valence-corrected chi connectivity index (χ2v) is 8.17. The van der Waals surface area contributed by atoms with Crippen LogP contribution in [0.25, 0.3) is 11.7 Å². The van der Waals surface area contributed by atoms with E-state index in [1.165, 1.54) is 18.0 Å². The minimum Gasteiger partial charge on any atom is -0.459 e.